The molecule has 104 valence electrons. The van der Waals surface area contributed by atoms with Gasteiger partial charge in [0.15, 0.2) is 0 Å². The standard InChI is InChI=1S/C14H20N2O3/c1-2-13(14(18)19)16-9-7-15(8-10-16)11-3-5-12(17)6-4-11/h3-6,13,17H,2,7-10H2,1H3,(H,18,19). The first-order valence-corrected chi connectivity index (χ1v) is 6.62. The van der Waals surface area contributed by atoms with Gasteiger partial charge in [0, 0.05) is 31.9 Å². The summed E-state index contributed by atoms with van der Waals surface area (Å²) in [6, 6.07) is 6.75. The highest BCUT2D eigenvalue weighted by Crippen LogP contribution is 2.20. The first-order chi connectivity index (χ1) is 9.11. The lowest BCUT2D eigenvalue weighted by atomic mass is 10.1. The normalized spacial score (nSPS) is 18.3. The number of carboxylic acid groups (broad SMARTS) is 1. The Kier molecular flexibility index (Phi) is 4.27. The molecule has 5 nitrogen and oxygen atoms in total. The van der Waals surface area contributed by atoms with Gasteiger partial charge in [-0.05, 0) is 30.7 Å². The molecule has 1 aliphatic rings. The molecule has 0 aliphatic carbocycles. The number of hydrogen-bond acceptors (Lipinski definition) is 4. The SMILES string of the molecule is CCC(C(=O)O)N1CCN(c2ccc(O)cc2)CC1. The molecule has 0 aromatic heterocycles. The number of carbonyl (C=O) groups is 1. The van der Waals surface area contributed by atoms with E-state index in [0.717, 1.165) is 31.9 Å². The fraction of sp³-hybridized carbons (Fsp3) is 0.500. The third kappa shape index (κ3) is 3.17. The Bertz CT molecular complexity index is 425. The molecule has 0 spiro atoms. The van der Waals surface area contributed by atoms with Crippen molar-refractivity contribution < 1.29 is 15.0 Å². The minimum Gasteiger partial charge on any atom is -0.508 e. The molecule has 1 fully saturated rings. The second-order valence-corrected chi connectivity index (χ2v) is 4.80. The predicted octanol–water partition coefficient (Wildman–Crippen LogP) is 1.38. The van der Waals surface area contributed by atoms with Crippen LogP contribution < -0.4 is 4.90 Å². The van der Waals surface area contributed by atoms with Gasteiger partial charge in [-0.3, -0.25) is 9.69 Å². The topological polar surface area (TPSA) is 64.0 Å². The van der Waals surface area contributed by atoms with E-state index in [0.29, 0.717) is 6.42 Å². The maximum absolute atomic E-state index is 11.1. The van der Waals surface area contributed by atoms with Crippen molar-refractivity contribution in [1.29, 1.82) is 0 Å². The Balaban J connectivity index is 1.95. The van der Waals surface area contributed by atoms with Gasteiger partial charge in [0.05, 0.1) is 0 Å². The summed E-state index contributed by atoms with van der Waals surface area (Å²) in [6.45, 7) is 5.05. The number of aliphatic carboxylic acids is 1. The second kappa shape index (κ2) is 5.93. The van der Waals surface area contributed by atoms with E-state index < -0.39 is 5.97 Å². The van der Waals surface area contributed by atoms with E-state index >= 15 is 0 Å². The van der Waals surface area contributed by atoms with Gasteiger partial charge in [0.2, 0.25) is 0 Å². The summed E-state index contributed by atoms with van der Waals surface area (Å²) in [7, 11) is 0. The smallest absolute Gasteiger partial charge is 0.320 e. The van der Waals surface area contributed by atoms with Crippen LogP contribution in [-0.4, -0.2) is 53.3 Å². The van der Waals surface area contributed by atoms with Gasteiger partial charge in [-0.15, -0.1) is 0 Å². The number of carboxylic acids is 1. The van der Waals surface area contributed by atoms with Crippen molar-refractivity contribution in [3.05, 3.63) is 24.3 Å². The summed E-state index contributed by atoms with van der Waals surface area (Å²) in [5.74, 6) is -0.472. The largest absolute Gasteiger partial charge is 0.508 e. The Labute approximate surface area is 113 Å². The molecule has 1 saturated heterocycles. The molecule has 1 atom stereocenters. The zero-order chi connectivity index (χ0) is 13.8. The van der Waals surface area contributed by atoms with Gasteiger partial charge in [-0.2, -0.15) is 0 Å². The van der Waals surface area contributed by atoms with Crippen molar-refractivity contribution in [2.24, 2.45) is 0 Å². The van der Waals surface area contributed by atoms with Gasteiger partial charge in [-0.25, -0.2) is 0 Å². The lowest BCUT2D eigenvalue weighted by Crippen LogP contribution is -2.52. The molecule has 0 bridgehead atoms. The zero-order valence-electron chi connectivity index (χ0n) is 11.1. The van der Waals surface area contributed by atoms with Crippen molar-refractivity contribution in [1.82, 2.24) is 4.90 Å². The minimum absolute atomic E-state index is 0.263. The summed E-state index contributed by atoms with van der Waals surface area (Å²) < 4.78 is 0. The third-order valence-corrected chi connectivity index (χ3v) is 3.64. The van der Waals surface area contributed by atoms with E-state index in [4.69, 9.17) is 5.11 Å². The fourth-order valence-corrected chi connectivity index (χ4v) is 2.54. The van der Waals surface area contributed by atoms with Crippen LogP contribution in [0.2, 0.25) is 0 Å². The Morgan fingerprint density at radius 1 is 1.21 bits per heavy atom. The number of rotatable bonds is 4. The average molecular weight is 264 g/mol. The monoisotopic (exact) mass is 264 g/mol. The third-order valence-electron chi connectivity index (χ3n) is 3.64. The first kappa shape index (κ1) is 13.7. The van der Waals surface area contributed by atoms with Crippen LogP contribution in [0.5, 0.6) is 5.75 Å². The lowest BCUT2D eigenvalue weighted by Gasteiger charge is -2.38. The summed E-state index contributed by atoms with van der Waals surface area (Å²) >= 11 is 0. The molecular formula is C14H20N2O3. The molecule has 0 amide bonds. The number of nitrogens with zero attached hydrogens (tertiary/aromatic N) is 2. The van der Waals surface area contributed by atoms with Crippen LogP contribution in [0.4, 0.5) is 5.69 Å². The number of benzene rings is 1. The molecule has 1 aromatic rings. The maximum atomic E-state index is 11.1. The number of hydrogen-bond donors (Lipinski definition) is 2. The van der Waals surface area contributed by atoms with Gasteiger partial charge in [-0.1, -0.05) is 6.92 Å². The number of aromatic hydroxyl groups is 1. The van der Waals surface area contributed by atoms with E-state index in [-0.39, 0.29) is 11.8 Å². The predicted molar refractivity (Wildman–Crippen MR) is 73.6 cm³/mol. The molecule has 2 rings (SSSR count). The molecule has 5 heteroatoms. The number of anilines is 1. The van der Waals surface area contributed by atoms with E-state index in [9.17, 15) is 9.90 Å². The molecule has 1 unspecified atom stereocenters. The summed E-state index contributed by atoms with van der Waals surface area (Å²) in [5, 5.41) is 18.4. The van der Waals surface area contributed by atoms with Crippen LogP contribution in [0.25, 0.3) is 0 Å². The molecular weight excluding hydrogens is 244 g/mol. The molecule has 19 heavy (non-hydrogen) atoms. The Morgan fingerprint density at radius 3 is 2.26 bits per heavy atom. The molecule has 1 aliphatic heterocycles. The van der Waals surface area contributed by atoms with Gasteiger partial charge < -0.3 is 15.1 Å². The van der Waals surface area contributed by atoms with Crippen LogP contribution in [0.1, 0.15) is 13.3 Å². The van der Waals surface area contributed by atoms with Gasteiger partial charge in [0.1, 0.15) is 11.8 Å². The molecule has 1 aromatic carbocycles. The van der Waals surface area contributed by atoms with E-state index in [2.05, 4.69) is 4.90 Å². The van der Waals surface area contributed by atoms with Crippen LogP contribution in [0.3, 0.4) is 0 Å². The van der Waals surface area contributed by atoms with Crippen molar-refractivity contribution in [3.8, 4) is 5.75 Å². The molecule has 0 saturated carbocycles. The number of piperazine rings is 1. The maximum Gasteiger partial charge on any atom is 0.320 e. The highest BCUT2D eigenvalue weighted by Gasteiger charge is 2.27. The van der Waals surface area contributed by atoms with E-state index in [1.807, 2.05) is 24.0 Å². The quantitative estimate of drug-likeness (QED) is 0.860. The highest BCUT2D eigenvalue weighted by atomic mass is 16.4. The van der Waals surface area contributed by atoms with Gasteiger partial charge >= 0.3 is 5.97 Å². The van der Waals surface area contributed by atoms with Gasteiger partial charge in [0.25, 0.3) is 0 Å². The summed E-state index contributed by atoms with van der Waals surface area (Å²) in [5.41, 5.74) is 1.07. The Hall–Kier alpha value is -1.75. The lowest BCUT2D eigenvalue weighted by molar-refractivity contribution is -0.143. The van der Waals surface area contributed by atoms with Crippen LogP contribution in [0.15, 0.2) is 24.3 Å². The average Bonchev–Trinajstić information content (AvgIpc) is 2.41. The van der Waals surface area contributed by atoms with Crippen molar-refractivity contribution in [2.75, 3.05) is 31.1 Å². The van der Waals surface area contributed by atoms with Crippen LogP contribution in [0, 0.1) is 0 Å². The minimum atomic E-state index is -0.736. The van der Waals surface area contributed by atoms with Crippen LogP contribution in [-0.2, 0) is 4.79 Å². The fourth-order valence-electron chi connectivity index (χ4n) is 2.54. The zero-order valence-corrected chi connectivity index (χ0v) is 11.1. The summed E-state index contributed by atoms with van der Waals surface area (Å²) in [4.78, 5) is 15.4. The molecule has 2 N–H and O–H groups in total. The highest BCUT2D eigenvalue weighted by molar-refractivity contribution is 5.73. The first-order valence-electron chi connectivity index (χ1n) is 6.62. The van der Waals surface area contributed by atoms with Crippen molar-refractivity contribution in [2.45, 2.75) is 19.4 Å². The summed E-state index contributed by atoms with van der Waals surface area (Å²) in [6.07, 6.45) is 0.633. The van der Waals surface area contributed by atoms with Crippen molar-refractivity contribution in [3.63, 3.8) is 0 Å². The van der Waals surface area contributed by atoms with Crippen molar-refractivity contribution >= 4 is 11.7 Å². The second-order valence-electron chi connectivity index (χ2n) is 4.80. The molecule has 0 radical (unpaired) electrons. The molecule has 1 heterocycles. The van der Waals surface area contributed by atoms with Crippen LogP contribution >= 0.6 is 0 Å². The van der Waals surface area contributed by atoms with E-state index in [1.165, 1.54) is 0 Å². The van der Waals surface area contributed by atoms with E-state index in [1.54, 1.807) is 12.1 Å². The Morgan fingerprint density at radius 2 is 1.79 bits per heavy atom. The number of phenols is 1. The number of phenolic OH excluding ortho intramolecular Hbond substituents is 1.